The molecule has 0 amide bonds. The first-order valence-corrected chi connectivity index (χ1v) is 8.74. The van der Waals surface area contributed by atoms with Crippen LogP contribution >= 0.6 is 0 Å². The van der Waals surface area contributed by atoms with Gasteiger partial charge in [-0.15, -0.1) is 0 Å². The van der Waals surface area contributed by atoms with Gasteiger partial charge in [0.15, 0.2) is 0 Å². The standard InChI is InChI=1S/C16H18F2O2Si/c1-3-19-21(20-4-2,15-9-5-13(17)6-10-15)16-11-7-14(18)8-12-16/h5-12H,3-4H2,1-2H3. The summed E-state index contributed by atoms with van der Waals surface area (Å²) in [4.78, 5) is 0. The van der Waals surface area contributed by atoms with Gasteiger partial charge in [-0.1, -0.05) is 24.3 Å². The topological polar surface area (TPSA) is 18.5 Å². The fraction of sp³-hybridized carbons (Fsp3) is 0.250. The van der Waals surface area contributed by atoms with Gasteiger partial charge >= 0.3 is 8.56 Å². The molecule has 0 aliphatic carbocycles. The van der Waals surface area contributed by atoms with Gasteiger partial charge in [0, 0.05) is 13.2 Å². The van der Waals surface area contributed by atoms with E-state index in [0.29, 0.717) is 13.2 Å². The first-order chi connectivity index (χ1) is 10.1. The Morgan fingerprint density at radius 2 is 1.05 bits per heavy atom. The Bertz CT molecular complexity index is 516. The van der Waals surface area contributed by atoms with Crippen molar-refractivity contribution in [3.8, 4) is 0 Å². The van der Waals surface area contributed by atoms with Crippen molar-refractivity contribution in [2.75, 3.05) is 13.2 Å². The summed E-state index contributed by atoms with van der Waals surface area (Å²) >= 11 is 0. The minimum atomic E-state index is -2.93. The molecule has 0 heterocycles. The number of hydrogen-bond acceptors (Lipinski definition) is 2. The van der Waals surface area contributed by atoms with Crippen LogP contribution in [0.25, 0.3) is 0 Å². The Kier molecular flexibility index (Phi) is 5.22. The average Bonchev–Trinajstić information content (AvgIpc) is 2.48. The second kappa shape index (κ2) is 6.93. The highest BCUT2D eigenvalue weighted by atomic mass is 28.4. The van der Waals surface area contributed by atoms with Crippen molar-refractivity contribution < 1.29 is 17.6 Å². The molecule has 0 fully saturated rings. The summed E-state index contributed by atoms with van der Waals surface area (Å²) in [6.45, 7) is 4.68. The molecule has 0 radical (unpaired) electrons. The third-order valence-electron chi connectivity index (χ3n) is 3.14. The molecular formula is C16H18F2O2Si. The van der Waals surface area contributed by atoms with Crippen LogP contribution in [0.3, 0.4) is 0 Å². The lowest BCUT2D eigenvalue weighted by molar-refractivity contribution is 0.208. The Morgan fingerprint density at radius 1 is 0.714 bits per heavy atom. The lowest BCUT2D eigenvalue weighted by atomic mass is 10.3. The van der Waals surface area contributed by atoms with E-state index < -0.39 is 8.56 Å². The summed E-state index contributed by atoms with van der Waals surface area (Å²) < 4.78 is 38.4. The second-order valence-electron chi connectivity index (χ2n) is 4.50. The molecule has 2 nitrogen and oxygen atoms in total. The molecule has 0 saturated heterocycles. The summed E-state index contributed by atoms with van der Waals surface area (Å²) in [5, 5.41) is 1.61. The molecule has 0 N–H and O–H groups in total. The predicted octanol–water partition coefficient (Wildman–Crippen LogP) is 2.59. The molecule has 5 heteroatoms. The number of halogens is 2. The smallest absolute Gasteiger partial charge is 0.388 e. The van der Waals surface area contributed by atoms with E-state index in [-0.39, 0.29) is 11.6 Å². The van der Waals surface area contributed by atoms with Gasteiger partial charge in [0.1, 0.15) is 11.6 Å². The van der Waals surface area contributed by atoms with Crippen molar-refractivity contribution in [1.82, 2.24) is 0 Å². The first kappa shape index (κ1) is 15.8. The maximum atomic E-state index is 13.2. The third-order valence-corrected chi connectivity index (χ3v) is 6.72. The minimum Gasteiger partial charge on any atom is -0.388 e. The van der Waals surface area contributed by atoms with Gasteiger partial charge in [-0.2, -0.15) is 0 Å². The second-order valence-corrected chi connectivity index (χ2v) is 7.46. The molecule has 0 aliphatic rings. The van der Waals surface area contributed by atoms with Gasteiger partial charge in [-0.05, 0) is 48.5 Å². The molecule has 2 aromatic rings. The summed E-state index contributed by atoms with van der Waals surface area (Å²) in [6.07, 6.45) is 0. The molecule has 0 spiro atoms. The monoisotopic (exact) mass is 308 g/mol. The van der Waals surface area contributed by atoms with Gasteiger partial charge in [-0.3, -0.25) is 0 Å². The zero-order valence-electron chi connectivity index (χ0n) is 12.1. The molecule has 0 aromatic heterocycles. The fourth-order valence-corrected chi connectivity index (χ4v) is 5.39. The van der Waals surface area contributed by atoms with Crippen molar-refractivity contribution in [3.05, 3.63) is 60.2 Å². The molecule has 0 bridgehead atoms. The Balaban J connectivity index is 2.56. The number of rotatable bonds is 6. The SMILES string of the molecule is CCO[Si](OCC)(c1ccc(F)cc1)c1ccc(F)cc1. The van der Waals surface area contributed by atoms with E-state index in [2.05, 4.69) is 0 Å². The van der Waals surface area contributed by atoms with Crippen molar-refractivity contribution in [2.24, 2.45) is 0 Å². The van der Waals surface area contributed by atoms with E-state index in [9.17, 15) is 8.78 Å². The van der Waals surface area contributed by atoms with Crippen LogP contribution in [-0.2, 0) is 8.85 Å². The quantitative estimate of drug-likeness (QED) is 0.764. The van der Waals surface area contributed by atoms with E-state index >= 15 is 0 Å². The van der Waals surface area contributed by atoms with Crippen LogP contribution in [0.1, 0.15) is 13.8 Å². The normalized spacial score (nSPS) is 11.6. The highest BCUT2D eigenvalue weighted by molar-refractivity contribution is 6.92. The maximum Gasteiger partial charge on any atom is 0.407 e. The van der Waals surface area contributed by atoms with Crippen LogP contribution in [0.4, 0.5) is 8.78 Å². The van der Waals surface area contributed by atoms with Gasteiger partial charge < -0.3 is 8.85 Å². The van der Waals surface area contributed by atoms with Crippen molar-refractivity contribution in [2.45, 2.75) is 13.8 Å². The van der Waals surface area contributed by atoms with Crippen molar-refractivity contribution >= 4 is 18.9 Å². The molecule has 112 valence electrons. The zero-order chi connectivity index (χ0) is 15.3. The van der Waals surface area contributed by atoms with Crippen LogP contribution in [-0.4, -0.2) is 21.8 Å². The molecular weight excluding hydrogens is 290 g/mol. The van der Waals surface area contributed by atoms with Crippen LogP contribution in [0, 0.1) is 11.6 Å². The van der Waals surface area contributed by atoms with Crippen LogP contribution in [0.2, 0.25) is 0 Å². The van der Waals surface area contributed by atoms with Crippen LogP contribution in [0.5, 0.6) is 0 Å². The fourth-order valence-electron chi connectivity index (χ4n) is 2.29. The molecule has 2 rings (SSSR count). The van der Waals surface area contributed by atoms with E-state index in [1.165, 1.54) is 24.3 Å². The molecule has 0 saturated carbocycles. The largest absolute Gasteiger partial charge is 0.407 e. The van der Waals surface area contributed by atoms with E-state index in [1.54, 1.807) is 24.3 Å². The van der Waals surface area contributed by atoms with Gasteiger partial charge in [-0.25, -0.2) is 8.78 Å². The first-order valence-electron chi connectivity index (χ1n) is 6.92. The molecule has 0 aliphatic heterocycles. The Labute approximate surface area is 124 Å². The van der Waals surface area contributed by atoms with E-state index in [1.807, 2.05) is 13.8 Å². The summed E-state index contributed by atoms with van der Waals surface area (Å²) in [6, 6.07) is 12.3. The highest BCUT2D eigenvalue weighted by Gasteiger charge is 2.42. The third kappa shape index (κ3) is 3.37. The lowest BCUT2D eigenvalue weighted by Gasteiger charge is -2.30. The molecule has 2 aromatic carbocycles. The maximum absolute atomic E-state index is 13.2. The lowest BCUT2D eigenvalue weighted by Crippen LogP contribution is -2.63. The zero-order valence-corrected chi connectivity index (χ0v) is 13.1. The van der Waals surface area contributed by atoms with Gasteiger partial charge in [0.2, 0.25) is 0 Å². The van der Waals surface area contributed by atoms with Crippen LogP contribution < -0.4 is 10.4 Å². The summed E-state index contributed by atoms with van der Waals surface area (Å²) in [5.41, 5.74) is 0. The summed E-state index contributed by atoms with van der Waals surface area (Å²) in [5.74, 6) is -0.623. The Hall–Kier alpha value is -1.56. The van der Waals surface area contributed by atoms with Gasteiger partial charge in [0.05, 0.1) is 0 Å². The minimum absolute atomic E-state index is 0.311. The Morgan fingerprint density at radius 3 is 1.33 bits per heavy atom. The molecule has 21 heavy (non-hydrogen) atoms. The summed E-state index contributed by atoms with van der Waals surface area (Å²) in [7, 11) is -2.93. The number of hydrogen-bond donors (Lipinski definition) is 0. The predicted molar refractivity (Wildman–Crippen MR) is 81.1 cm³/mol. The van der Waals surface area contributed by atoms with E-state index in [4.69, 9.17) is 8.85 Å². The van der Waals surface area contributed by atoms with E-state index in [0.717, 1.165) is 10.4 Å². The molecule has 0 atom stereocenters. The number of benzene rings is 2. The van der Waals surface area contributed by atoms with Crippen molar-refractivity contribution in [1.29, 1.82) is 0 Å². The van der Waals surface area contributed by atoms with Crippen molar-refractivity contribution in [3.63, 3.8) is 0 Å². The van der Waals surface area contributed by atoms with Crippen LogP contribution in [0.15, 0.2) is 48.5 Å². The average molecular weight is 308 g/mol. The highest BCUT2D eigenvalue weighted by Crippen LogP contribution is 2.11. The molecule has 0 unspecified atom stereocenters. The van der Waals surface area contributed by atoms with Gasteiger partial charge in [0.25, 0.3) is 0 Å².